The van der Waals surface area contributed by atoms with Crippen LogP contribution in [-0.4, -0.2) is 35.1 Å². The number of carboxylic acids is 1. The van der Waals surface area contributed by atoms with Gasteiger partial charge in [0.15, 0.2) is 0 Å². The summed E-state index contributed by atoms with van der Waals surface area (Å²) in [4.78, 5) is 14.0. The number of hydrogen-bond donors (Lipinski definition) is 1. The number of rotatable bonds is 27. The molecule has 1 atom stereocenters. The molecule has 0 rings (SSSR count). The molecule has 0 saturated carbocycles. The van der Waals surface area contributed by atoms with Crippen LogP contribution in [0.3, 0.4) is 0 Å². The second-order valence-electron chi connectivity index (χ2n) is 10.4. The van der Waals surface area contributed by atoms with Crippen molar-refractivity contribution in [3.05, 3.63) is 0 Å². The lowest BCUT2D eigenvalue weighted by Crippen LogP contribution is -2.38. The SMILES string of the molecule is CCCCCCCCCCCCN(CCCCCCCCCCCC)C(CCC)CC(=O)O. The van der Waals surface area contributed by atoms with Crippen molar-refractivity contribution in [3.63, 3.8) is 0 Å². The molecule has 0 aliphatic rings. The zero-order valence-corrected chi connectivity index (χ0v) is 23.1. The summed E-state index contributed by atoms with van der Waals surface area (Å²) >= 11 is 0. The Bertz CT molecular complexity index is 375. The fourth-order valence-corrected chi connectivity index (χ4v) is 5.03. The smallest absolute Gasteiger partial charge is 0.304 e. The molecule has 0 aliphatic heterocycles. The van der Waals surface area contributed by atoms with Gasteiger partial charge < -0.3 is 5.11 Å². The van der Waals surface area contributed by atoms with Gasteiger partial charge in [-0.3, -0.25) is 9.69 Å². The molecule has 0 aromatic carbocycles. The first-order valence-corrected chi connectivity index (χ1v) is 15.1. The maximum Gasteiger partial charge on any atom is 0.304 e. The number of hydrogen-bond acceptors (Lipinski definition) is 2. The molecule has 33 heavy (non-hydrogen) atoms. The van der Waals surface area contributed by atoms with E-state index in [9.17, 15) is 9.90 Å². The summed E-state index contributed by atoms with van der Waals surface area (Å²) in [6, 6.07) is 0.227. The molecule has 0 bridgehead atoms. The summed E-state index contributed by atoms with van der Waals surface area (Å²) in [5.41, 5.74) is 0. The Morgan fingerprint density at radius 3 is 1.18 bits per heavy atom. The lowest BCUT2D eigenvalue weighted by molar-refractivity contribution is -0.138. The van der Waals surface area contributed by atoms with Gasteiger partial charge in [-0.1, -0.05) is 143 Å². The van der Waals surface area contributed by atoms with E-state index in [-0.39, 0.29) is 6.04 Å². The third-order valence-corrected chi connectivity index (χ3v) is 7.15. The third-order valence-electron chi connectivity index (χ3n) is 7.15. The first-order valence-electron chi connectivity index (χ1n) is 15.1. The van der Waals surface area contributed by atoms with E-state index < -0.39 is 5.97 Å². The predicted octanol–water partition coefficient (Wildman–Crippen LogP) is 9.77. The summed E-state index contributed by atoms with van der Waals surface area (Å²) in [6.07, 6.45) is 29.6. The molecule has 0 aromatic rings. The Hall–Kier alpha value is -0.570. The fraction of sp³-hybridized carbons (Fsp3) is 0.967. The van der Waals surface area contributed by atoms with Gasteiger partial charge in [-0.15, -0.1) is 0 Å². The standard InChI is InChI=1S/C30H61NO2/c1-4-7-9-11-13-15-17-19-21-23-26-31(29(25-6-3)28-30(32)33)27-24-22-20-18-16-14-12-10-8-5-2/h29H,4-28H2,1-3H3,(H,32,33). The zero-order valence-electron chi connectivity index (χ0n) is 23.1. The minimum atomic E-state index is -0.635. The Morgan fingerprint density at radius 2 is 0.879 bits per heavy atom. The quantitative estimate of drug-likeness (QED) is 0.122. The average molecular weight is 468 g/mol. The maximum atomic E-state index is 11.4. The molecule has 0 spiro atoms. The van der Waals surface area contributed by atoms with E-state index in [1.165, 1.54) is 128 Å². The van der Waals surface area contributed by atoms with Crippen LogP contribution < -0.4 is 0 Å². The largest absolute Gasteiger partial charge is 0.481 e. The zero-order chi connectivity index (χ0) is 24.4. The Morgan fingerprint density at radius 1 is 0.545 bits per heavy atom. The van der Waals surface area contributed by atoms with Crippen molar-refractivity contribution in [1.82, 2.24) is 4.90 Å². The van der Waals surface area contributed by atoms with E-state index in [0.717, 1.165) is 25.9 Å². The van der Waals surface area contributed by atoms with Gasteiger partial charge in [0.2, 0.25) is 0 Å². The molecular formula is C30H61NO2. The van der Waals surface area contributed by atoms with Gasteiger partial charge in [0.05, 0.1) is 6.42 Å². The highest BCUT2D eigenvalue weighted by atomic mass is 16.4. The molecule has 0 radical (unpaired) electrons. The number of carbonyl (C=O) groups is 1. The molecule has 0 amide bonds. The second-order valence-corrected chi connectivity index (χ2v) is 10.4. The van der Waals surface area contributed by atoms with Crippen molar-refractivity contribution in [3.8, 4) is 0 Å². The molecule has 3 heteroatoms. The minimum Gasteiger partial charge on any atom is -0.481 e. The van der Waals surface area contributed by atoms with Crippen LogP contribution in [0.4, 0.5) is 0 Å². The summed E-state index contributed by atoms with van der Waals surface area (Å²) < 4.78 is 0. The molecule has 0 heterocycles. The van der Waals surface area contributed by atoms with Crippen molar-refractivity contribution in [2.75, 3.05) is 13.1 Å². The van der Waals surface area contributed by atoms with E-state index in [4.69, 9.17) is 0 Å². The van der Waals surface area contributed by atoms with Gasteiger partial charge in [0.25, 0.3) is 0 Å². The molecular weight excluding hydrogens is 406 g/mol. The highest BCUT2D eigenvalue weighted by molar-refractivity contribution is 5.67. The van der Waals surface area contributed by atoms with Crippen molar-refractivity contribution < 1.29 is 9.90 Å². The highest BCUT2D eigenvalue weighted by Crippen LogP contribution is 2.17. The average Bonchev–Trinajstić information content (AvgIpc) is 2.79. The van der Waals surface area contributed by atoms with E-state index in [1.54, 1.807) is 0 Å². The Labute approximate surface area is 208 Å². The predicted molar refractivity (Wildman–Crippen MR) is 146 cm³/mol. The summed E-state index contributed by atoms with van der Waals surface area (Å²) in [6.45, 7) is 8.92. The Kier molecular flexibility index (Phi) is 25.6. The van der Waals surface area contributed by atoms with Gasteiger partial charge in [0, 0.05) is 6.04 Å². The highest BCUT2D eigenvalue weighted by Gasteiger charge is 2.20. The van der Waals surface area contributed by atoms with Crippen LogP contribution in [-0.2, 0) is 4.79 Å². The first kappa shape index (κ1) is 32.4. The monoisotopic (exact) mass is 467 g/mol. The number of unbranched alkanes of at least 4 members (excludes halogenated alkanes) is 18. The van der Waals surface area contributed by atoms with Gasteiger partial charge in [-0.25, -0.2) is 0 Å². The van der Waals surface area contributed by atoms with Crippen LogP contribution in [0.15, 0.2) is 0 Å². The van der Waals surface area contributed by atoms with Gasteiger partial charge in [-0.2, -0.15) is 0 Å². The second kappa shape index (κ2) is 26.0. The van der Waals surface area contributed by atoms with Crippen LogP contribution in [0.1, 0.15) is 168 Å². The van der Waals surface area contributed by atoms with Gasteiger partial charge in [-0.05, 0) is 32.4 Å². The topological polar surface area (TPSA) is 40.5 Å². The molecule has 3 nitrogen and oxygen atoms in total. The van der Waals surface area contributed by atoms with Crippen molar-refractivity contribution in [1.29, 1.82) is 0 Å². The summed E-state index contributed by atoms with van der Waals surface area (Å²) in [5, 5.41) is 9.42. The number of carboxylic acid groups (broad SMARTS) is 1. The minimum absolute atomic E-state index is 0.227. The Balaban J connectivity index is 4.10. The van der Waals surface area contributed by atoms with Gasteiger partial charge >= 0.3 is 5.97 Å². The van der Waals surface area contributed by atoms with E-state index in [2.05, 4.69) is 25.7 Å². The summed E-state index contributed by atoms with van der Waals surface area (Å²) in [5.74, 6) is -0.635. The molecule has 0 aromatic heterocycles. The molecule has 0 aliphatic carbocycles. The molecule has 0 saturated heterocycles. The van der Waals surface area contributed by atoms with E-state index in [0.29, 0.717) is 6.42 Å². The molecule has 0 fully saturated rings. The van der Waals surface area contributed by atoms with Crippen LogP contribution in [0.2, 0.25) is 0 Å². The van der Waals surface area contributed by atoms with E-state index in [1.807, 2.05) is 0 Å². The number of nitrogens with zero attached hydrogens (tertiary/aromatic N) is 1. The lowest BCUT2D eigenvalue weighted by Gasteiger charge is -2.31. The summed E-state index contributed by atoms with van der Waals surface area (Å²) in [7, 11) is 0. The molecule has 1 unspecified atom stereocenters. The third kappa shape index (κ3) is 23.0. The van der Waals surface area contributed by atoms with Crippen molar-refractivity contribution in [2.24, 2.45) is 0 Å². The van der Waals surface area contributed by atoms with Crippen LogP contribution >= 0.6 is 0 Å². The molecule has 198 valence electrons. The lowest BCUT2D eigenvalue weighted by atomic mass is 10.0. The van der Waals surface area contributed by atoms with Crippen molar-refractivity contribution >= 4 is 5.97 Å². The number of aliphatic carboxylic acids is 1. The van der Waals surface area contributed by atoms with Crippen LogP contribution in [0.5, 0.6) is 0 Å². The van der Waals surface area contributed by atoms with Crippen molar-refractivity contribution in [2.45, 2.75) is 174 Å². The first-order chi connectivity index (χ1) is 16.2. The molecule has 1 N–H and O–H groups in total. The maximum absolute atomic E-state index is 11.4. The fourth-order valence-electron chi connectivity index (χ4n) is 5.03. The van der Waals surface area contributed by atoms with Crippen LogP contribution in [0.25, 0.3) is 0 Å². The van der Waals surface area contributed by atoms with E-state index >= 15 is 0 Å². The normalized spacial score (nSPS) is 12.5. The van der Waals surface area contributed by atoms with Crippen LogP contribution in [0, 0.1) is 0 Å². The van der Waals surface area contributed by atoms with Gasteiger partial charge in [0.1, 0.15) is 0 Å².